The molecule has 2 fully saturated rings. The first kappa shape index (κ1) is 22.0. The molecule has 3 heterocycles. The summed E-state index contributed by atoms with van der Waals surface area (Å²) in [4.78, 5) is 16.8. The van der Waals surface area contributed by atoms with Gasteiger partial charge in [0.15, 0.2) is 0 Å². The molecule has 168 valence electrons. The number of rotatable bonds is 7. The lowest BCUT2D eigenvalue weighted by molar-refractivity contribution is 0.0378. The van der Waals surface area contributed by atoms with Crippen molar-refractivity contribution in [1.82, 2.24) is 19.8 Å². The normalized spacial score (nSPS) is 18.4. The minimum Gasteiger partial charge on any atom is -0.379 e. The summed E-state index contributed by atoms with van der Waals surface area (Å²) in [7, 11) is 2.19. The molecule has 0 aliphatic carbocycles. The number of hydrogen-bond acceptors (Lipinski definition) is 7. The Morgan fingerprint density at radius 3 is 2.35 bits per heavy atom. The number of nitrogens with zero attached hydrogens (tertiary/aromatic N) is 5. The summed E-state index contributed by atoms with van der Waals surface area (Å²) in [5, 5.41) is 3.44. The molecule has 2 saturated heterocycles. The van der Waals surface area contributed by atoms with Crippen molar-refractivity contribution in [3.63, 3.8) is 0 Å². The SMILES string of the molecule is Cc1nc(NCCCN2CCOCC2)nc(-c2ccc(N3CCN(C)CC3)cc2)c1C. The van der Waals surface area contributed by atoms with Gasteiger partial charge in [-0.3, -0.25) is 4.90 Å². The fraction of sp³-hybridized carbons (Fsp3) is 0.583. The van der Waals surface area contributed by atoms with Crippen LogP contribution in [0.4, 0.5) is 11.6 Å². The van der Waals surface area contributed by atoms with E-state index in [0.717, 1.165) is 100 Å². The van der Waals surface area contributed by atoms with Gasteiger partial charge >= 0.3 is 0 Å². The van der Waals surface area contributed by atoms with Crippen LogP contribution in [0.2, 0.25) is 0 Å². The van der Waals surface area contributed by atoms with Crippen LogP contribution in [-0.2, 0) is 4.74 Å². The number of aromatic nitrogens is 2. The number of piperazine rings is 1. The van der Waals surface area contributed by atoms with E-state index in [-0.39, 0.29) is 0 Å². The zero-order valence-electron chi connectivity index (χ0n) is 19.2. The molecule has 2 aliphatic heterocycles. The van der Waals surface area contributed by atoms with E-state index in [1.165, 1.54) is 5.69 Å². The van der Waals surface area contributed by atoms with Crippen molar-refractivity contribution >= 4 is 11.6 Å². The lowest BCUT2D eigenvalue weighted by Crippen LogP contribution is -2.44. The van der Waals surface area contributed by atoms with Gasteiger partial charge in [0, 0.05) is 62.8 Å². The lowest BCUT2D eigenvalue weighted by Gasteiger charge is -2.34. The van der Waals surface area contributed by atoms with Crippen LogP contribution >= 0.6 is 0 Å². The summed E-state index contributed by atoms with van der Waals surface area (Å²) >= 11 is 0. The zero-order valence-corrected chi connectivity index (χ0v) is 19.2. The average Bonchev–Trinajstić information content (AvgIpc) is 2.80. The van der Waals surface area contributed by atoms with Crippen molar-refractivity contribution in [2.75, 3.05) is 82.8 Å². The molecule has 0 saturated carbocycles. The Balaban J connectivity index is 1.39. The van der Waals surface area contributed by atoms with Gasteiger partial charge in [-0.05, 0) is 51.6 Å². The Kier molecular flexibility index (Phi) is 7.37. The number of morpholine rings is 1. The maximum Gasteiger partial charge on any atom is 0.223 e. The van der Waals surface area contributed by atoms with E-state index in [9.17, 15) is 0 Å². The molecule has 0 radical (unpaired) electrons. The van der Waals surface area contributed by atoms with Crippen LogP contribution in [0.3, 0.4) is 0 Å². The van der Waals surface area contributed by atoms with Crippen molar-refractivity contribution in [3.8, 4) is 11.3 Å². The summed E-state index contributed by atoms with van der Waals surface area (Å²) in [6.45, 7) is 14.3. The van der Waals surface area contributed by atoms with Crippen molar-refractivity contribution < 1.29 is 4.74 Å². The van der Waals surface area contributed by atoms with Gasteiger partial charge < -0.3 is 19.9 Å². The van der Waals surface area contributed by atoms with Crippen LogP contribution in [0, 0.1) is 13.8 Å². The van der Waals surface area contributed by atoms with Crippen molar-refractivity contribution in [1.29, 1.82) is 0 Å². The van der Waals surface area contributed by atoms with E-state index < -0.39 is 0 Å². The van der Waals surface area contributed by atoms with E-state index in [1.54, 1.807) is 0 Å². The number of benzene rings is 1. The van der Waals surface area contributed by atoms with Crippen LogP contribution in [-0.4, -0.2) is 92.4 Å². The molecule has 1 aromatic heterocycles. The predicted octanol–water partition coefficient (Wildman–Crippen LogP) is 2.65. The summed E-state index contributed by atoms with van der Waals surface area (Å²) in [6, 6.07) is 8.86. The third-order valence-corrected chi connectivity index (χ3v) is 6.44. The van der Waals surface area contributed by atoms with Crippen molar-refractivity contribution in [2.45, 2.75) is 20.3 Å². The van der Waals surface area contributed by atoms with Crippen LogP contribution in [0.15, 0.2) is 24.3 Å². The molecular formula is C24H36N6O. The van der Waals surface area contributed by atoms with Gasteiger partial charge in [0.05, 0.1) is 18.9 Å². The molecule has 7 nitrogen and oxygen atoms in total. The summed E-state index contributed by atoms with van der Waals surface area (Å²) in [5.74, 6) is 0.725. The van der Waals surface area contributed by atoms with Gasteiger partial charge in [0.2, 0.25) is 5.95 Å². The maximum atomic E-state index is 5.42. The predicted molar refractivity (Wildman–Crippen MR) is 127 cm³/mol. The van der Waals surface area contributed by atoms with Crippen LogP contribution in [0.5, 0.6) is 0 Å². The highest BCUT2D eigenvalue weighted by atomic mass is 16.5. The summed E-state index contributed by atoms with van der Waals surface area (Å²) in [5.41, 5.74) is 5.64. The molecule has 7 heteroatoms. The van der Waals surface area contributed by atoms with Crippen LogP contribution < -0.4 is 10.2 Å². The molecule has 31 heavy (non-hydrogen) atoms. The summed E-state index contributed by atoms with van der Waals surface area (Å²) < 4.78 is 5.42. The first-order valence-corrected chi connectivity index (χ1v) is 11.5. The molecule has 1 aromatic carbocycles. The second-order valence-corrected chi connectivity index (χ2v) is 8.68. The highest BCUT2D eigenvalue weighted by Crippen LogP contribution is 2.27. The molecule has 0 amide bonds. The van der Waals surface area contributed by atoms with Gasteiger partial charge in [0.1, 0.15) is 0 Å². The Labute approximate surface area is 186 Å². The number of aryl methyl sites for hydroxylation is 1. The summed E-state index contributed by atoms with van der Waals surface area (Å²) in [6.07, 6.45) is 1.07. The first-order valence-electron chi connectivity index (χ1n) is 11.5. The van der Waals surface area contributed by atoms with Gasteiger partial charge in [-0.1, -0.05) is 12.1 Å². The Hall–Kier alpha value is -2.22. The van der Waals surface area contributed by atoms with Gasteiger partial charge in [0.25, 0.3) is 0 Å². The van der Waals surface area contributed by atoms with Crippen molar-refractivity contribution in [2.24, 2.45) is 0 Å². The third kappa shape index (κ3) is 5.73. The average molecular weight is 425 g/mol. The van der Waals surface area contributed by atoms with Gasteiger partial charge in [-0.2, -0.15) is 0 Å². The standard InChI is InChI=1S/C24H36N6O/c1-19-20(2)26-24(25-9-4-10-29-15-17-31-18-16-29)27-23(19)21-5-7-22(8-6-21)30-13-11-28(3)12-14-30/h5-8H,4,9-18H2,1-3H3,(H,25,26,27). The molecule has 1 N–H and O–H groups in total. The molecule has 2 aliphatic rings. The van der Waals surface area contributed by atoms with E-state index in [4.69, 9.17) is 9.72 Å². The second kappa shape index (κ2) is 10.4. The number of hydrogen-bond donors (Lipinski definition) is 1. The van der Waals surface area contributed by atoms with E-state index in [1.807, 2.05) is 0 Å². The lowest BCUT2D eigenvalue weighted by atomic mass is 10.1. The highest BCUT2D eigenvalue weighted by molar-refractivity contribution is 5.67. The number of nitrogens with one attached hydrogen (secondary N) is 1. The van der Waals surface area contributed by atoms with Crippen LogP contribution in [0.1, 0.15) is 17.7 Å². The molecular weight excluding hydrogens is 388 g/mol. The zero-order chi connectivity index (χ0) is 21.6. The monoisotopic (exact) mass is 424 g/mol. The largest absolute Gasteiger partial charge is 0.379 e. The molecule has 0 bridgehead atoms. The van der Waals surface area contributed by atoms with E-state index >= 15 is 0 Å². The Bertz CT molecular complexity index is 842. The minimum atomic E-state index is 0.725. The smallest absolute Gasteiger partial charge is 0.223 e. The maximum absolute atomic E-state index is 5.42. The fourth-order valence-corrected chi connectivity index (χ4v) is 4.21. The fourth-order valence-electron chi connectivity index (χ4n) is 4.21. The first-order chi connectivity index (χ1) is 15.1. The molecule has 2 aromatic rings. The number of likely N-dealkylation sites (N-methyl/N-ethyl adjacent to an activating group) is 1. The van der Waals surface area contributed by atoms with E-state index in [2.05, 4.69) is 70.2 Å². The molecule has 0 spiro atoms. The van der Waals surface area contributed by atoms with E-state index in [0.29, 0.717) is 0 Å². The van der Waals surface area contributed by atoms with Crippen LogP contribution in [0.25, 0.3) is 11.3 Å². The second-order valence-electron chi connectivity index (χ2n) is 8.68. The number of anilines is 2. The van der Waals surface area contributed by atoms with Gasteiger partial charge in [-0.15, -0.1) is 0 Å². The van der Waals surface area contributed by atoms with Gasteiger partial charge in [-0.25, -0.2) is 9.97 Å². The number of ether oxygens (including phenoxy) is 1. The molecule has 0 atom stereocenters. The highest BCUT2D eigenvalue weighted by Gasteiger charge is 2.15. The van der Waals surface area contributed by atoms with Crippen molar-refractivity contribution in [3.05, 3.63) is 35.5 Å². The minimum absolute atomic E-state index is 0.725. The topological polar surface area (TPSA) is 56.8 Å². The quantitative estimate of drug-likeness (QED) is 0.686. The molecule has 4 rings (SSSR count). The third-order valence-electron chi connectivity index (χ3n) is 6.44. The Morgan fingerprint density at radius 2 is 1.65 bits per heavy atom. The molecule has 0 unspecified atom stereocenters. The Morgan fingerprint density at radius 1 is 0.935 bits per heavy atom.